The summed E-state index contributed by atoms with van der Waals surface area (Å²) in [6.45, 7) is -0.737. The topological polar surface area (TPSA) is 173 Å². The Hall–Kier alpha value is -2.20. The first-order valence-electron chi connectivity index (χ1n) is 5.24. The number of carbonyl (C=O) groups excluding carboxylic acids is 1. The van der Waals surface area contributed by atoms with E-state index >= 15 is 0 Å². The summed E-state index contributed by atoms with van der Waals surface area (Å²) in [6.07, 6.45) is 0.0327. The van der Waals surface area contributed by atoms with Gasteiger partial charge in [0, 0.05) is 6.07 Å². The third-order valence-corrected chi connectivity index (χ3v) is 3.52. The van der Waals surface area contributed by atoms with E-state index in [-0.39, 0.29) is 6.29 Å². The number of nitro groups is 2. The maximum atomic E-state index is 10.8. The van der Waals surface area contributed by atoms with E-state index in [0.717, 1.165) is 12.1 Å². The van der Waals surface area contributed by atoms with Crippen LogP contribution in [0.1, 0.15) is 0 Å². The first-order valence-corrected chi connectivity index (χ1v) is 6.96. The van der Waals surface area contributed by atoms with Crippen molar-refractivity contribution in [2.45, 2.75) is 5.66 Å². The molecule has 1 unspecified atom stereocenters. The summed E-state index contributed by atoms with van der Waals surface area (Å²) in [6, 6.07) is 2.53. The number of benzene rings is 1. The minimum Gasteiger partial charge on any atom is -0.482 e. The first kappa shape index (κ1) is 16.9. The Bertz CT molecular complexity index is 571. The van der Waals surface area contributed by atoms with Gasteiger partial charge in [0.05, 0.1) is 15.9 Å². The molecule has 1 aromatic carbocycles. The second-order valence-corrected chi connectivity index (χ2v) is 5.69. The van der Waals surface area contributed by atoms with Crippen LogP contribution in [0.3, 0.4) is 0 Å². The van der Waals surface area contributed by atoms with E-state index in [2.05, 4.69) is 0 Å². The molecule has 0 bridgehead atoms. The first-order chi connectivity index (χ1) is 9.66. The van der Waals surface area contributed by atoms with E-state index in [1.54, 1.807) is 0 Å². The van der Waals surface area contributed by atoms with Gasteiger partial charge in [0.1, 0.15) is 6.61 Å². The van der Waals surface area contributed by atoms with Crippen molar-refractivity contribution in [2.24, 2.45) is 0 Å². The molecular weight excluding hydrogens is 311 g/mol. The quantitative estimate of drug-likeness (QED) is 0.274. The second-order valence-electron chi connectivity index (χ2n) is 3.80. The van der Waals surface area contributed by atoms with Crippen LogP contribution < -0.4 is 4.74 Å². The lowest BCUT2D eigenvalue weighted by Crippen LogP contribution is -2.23. The molecule has 12 heteroatoms. The SMILES string of the molecule is O=CC(COc1ccc([N+](=O)[O-])cc1[N+](=O)[O-])[P+](O)(O)O. The zero-order valence-electron chi connectivity index (χ0n) is 10.2. The molecule has 0 aliphatic heterocycles. The molecule has 114 valence electrons. The van der Waals surface area contributed by atoms with Crippen LogP contribution in [0.4, 0.5) is 11.4 Å². The van der Waals surface area contributed by atoms with Crippen molar-refractivity contribution in [2.75, 3.05) is 6.61 Å². The van der Waals surface area contributed by atoms with Crippen molar-refractivity contribution < 1.29 is 34.1 Å². The van der Waals surface area contributed by atoms with Gasteiger partial charge in [-0.3, -0.25) is 25.0 Å². The molecule has 0 fully saturated rings. The fraction of sp³-hybridized carbons (Fsp3) is 0.222. The number of nitro benzene ring substituents is 2. The van der Waals surface area contributed by atoms with Crippen LogP contribution in [-0.4, -0.2) is 43.1 Å². The summed E-state index contributed by atoms with van der Waals surface area (Å²) in [5.41, 5.74) is -2.94. The van der Waals surface area contributed by atoms with Crippen LogP contribution in [0.5, 0.6) is 5.75 Å². The van der Waals surface area contributed by atoms with Gasteiger partial charge in [0.2, 0.25) is 5.66 Å². The Morgan fingerprint density at radius 3 is 2.29 bits per heavy atom. The Balaban J connectivity index is 3.00. The fourth-order valence-corrected chi connectivity index (χ4v) is 1.72. The number of rotatable bonds is 7. The molecule has 0 heterocycles. The van der Waals surface area contributed by atoms with Crippen molar-refractivity contribution >= 4 is 25.6 Å². The molecule has 11 nitrogen and oxygen atoms in total. The van der Waals surface area contributed by atoms with Gasteiger partial charge in [-0.05, 0) is 6.07 Å². The number of nitrogens with zero attached hydrogens (tertiary/aromatic N) is 2. The Labute approximate surface area is 117 Å². The van der Waals surface area contributed by atoms with Gasteiger partial charge < -0.3 is 4.74 Å². The smallest absolute Gasteiger partial charge is 0.417 e. The van der Waals surface area contributed by atoms with Gasteiger partial charge in [-0.2, -0.15) is 14.7 Å². The molecule has 0 spiro atoms. The molecule has 0 radical (unpaired) electrons. The number of aldehydes is 1. The predicted molar refractivity (Wildman–Crippen MR) is 68.7 cm³/mol. The monoisotopic (exact) mass is 321 g/mol. The highest BCUT2D eigenvalue weighted by Crippen LogP contribution is 2.49. The molecule has 1 rings (SSSR count). The molecule has 0 aromatic heterocycles. The lowest BCUT2D eigenvalue weighted by Gasteiger charge is -2.12. The van der Waals surface area contributed by atoms with E-state index in [4.69, 9.17) is 19.4 Å². The summed E-state index contributed by atoms with van der Waals surface area (Å²) >= 11 is 0. The highest BCUT2D eigenvalue weighted by atomic mass is 31.2. The fourth-order valence-electron chi connectivity index (χ4n) is 1.28. The maximum Gasteiger partial charge on any atom is 0.417 e. The molecule has 0 saturated carbocycles. The molecule has 0 aliphatic rings. The van der Waals surface area contributed by atoms with E-state index in [0.29, 0.717) is 6.07 Å². The van der Waals surface area contributed by atoms with Gasteiger partial charge in [0.25, 0.3) is 5.69 Å². The van der Waals surface area contributed by atoms with Gasteiger partial charge in [-0.25, -0.2) is 0 Å². The molecule has 0 amide bonds. The van der Waals surface area contributed by atoms with Gasteiger partial charge in [-0.15, -0.1) is 0 Å². The zero-order valence-corrected chi connectivity index (χ0v) is 11.1. The Kier molecular flexibility index (Phi) is 5.22. The number of ether oxygens (including phenoxy) is 1. The van der Waals surface area contributed by atoms with Crippen molar-refractivity contribution in [3.05, 3.63) is 38.4 Å². The highest BCUT2D eigenvalue weighted by Gasteiger charge is 2.43. The van der Waals surface area contributed by atoms with E-state index in [9.17, 15) is 25.0 Å². The van der Waals surface area contributed by atoms with Gasteiger partial charge in [0.15, 0.2) is 12.0 Å². The Morgan fingerprint density at radius 2 is 1.86 bits per heavy atom. The van der Waals surface area contributed by atoms with Crippen molar-refractivity contribution in [3.63, 3.8) is 0 Å². The lowest BCUT2D eigenvalue weighted by atomic mass is 10.2. The number of non-ortho nitro benzene ring substituents is 1. The molecule has 0 saturated heterocycles. The average Bonchev–Trinajstić information content (AvgIpc) is 2.37. The third-order valence-electron chi connectivity index (χ3n) is 2.36. The van der Waals surface area contributed by atoms with Crippen LogP contribution in [0.15, 0.2) is 18.2 Å². The molecule has 3 N–H and O–H groups in total. The molecular formula is C9H10N2O9P+. The summed E-state index contributed by atoms with van der Waals surface area (Å²) in [4.78, 5) is 57.0. The predicted octanol–water partition coefficient (Wildman–Crippen LogP) is 0.189. The minimum absolute atomic E-state index is 0.0327. The second kappa shape index (κ2) is 6.50. The van der Waals surface area contributed by atoms with Gasteiger partial charge >= 0.3 is 13.6 Å². The van der Waals surface area contributed by atoms with Crippen LogP contribution in [0, 0.1) is 20.2 Å². The van der Waals surface area contributed by atoms with Crippen LogP contribution >= 0.6 is 7.94 Å². The average molecular weight is 321 g/mol. The number of carbonyl (C=O) groups is 1. The largest absolute Gasteiger partial charge is 0.482 e. The normalized spacial score (nSPS) is 12.5. The lowest BCUT2D eigenvalue weighted by molar-refractivity contribution is -0.394. The number of hydrogen-bond acceptors (Lipinski definition) is 9. The van der Waals surface area contributed by atoms with Crippen LogP contribution in [0.2, 0.25) is 0 Å². The van der Waals surface area contributed by atoms with Crippen molar-refractivity contribution in [3.8, 4) is 5.75 Å². The maximum absolute atomic E-state index is 10.8. The zero-order chi connectivity index (χ0) is 16.2. The van der Waals surface area contributed by atoms with E-state index in [1.807, 2.05) is 0 Å². The highest BCUT2D eigenvalue weighted by molar-refractivity contribution is 7.60. The summed E-state index contributed by atoms with van der Waals surface area (Å²) in [7, 11) is -4.50. The minimum atomic E-state index is -4.50. The van der Waals surface area contributed by atoms with Crippen LogP contribution in [0.25, 0.3) is 0 Å². The van der Waals surface area contributed by atoms with E-state index < -0.39 is 47.2 Å². The van der Waals surface area contributed by atoms with E-state index in [1.165, 1.54) is 0 Å². The van der Waals surface area contributed by atoms with Crippen LogP contribution in [-0.2, 0) is 4.79 Å². The summed E-state index contributed by atoms with van der Waals surface area (Å²) < 4.78 is 4.86. The molecule has 21 heavy (non-hydrogen) atoms. The Morgan fingerprint density at radius 1 is 1.24 bits per heavy atom. The van der Waals surface area contributed by atoms with Gasteiger partial charge in [-0.1, -0.05) is 0 Å². The number of hydrogen-bond donors (Lipinski definition) is 3. The summed E-state index contributed by atoms with van der Waals surface area (Å²) in [5.74, 6) is -0.411. The molecule has 1 aromatic rings. The van der Waals surface area contributed by atoms with Crippen molar-refractivity contribution in [1.82, 2.24) is 0 Å². The standard InChI is InChI=1S/C9H10N2O9P/c12-4-7(21(17,18)19)5-20-9-2-1-6(10(13)14)3-8(9)11(15)16/h1-4,7,17-19H,5H2/q+1. The summed E-state index contributed by atoms with van der Waals surface area (Å²) in [5, 5.41) is 21.3. The molecule has 0 aliphatic carbocycles. The van der Waals surface area contributed by atoms with Crippen molar-refractivity contribution in [1.29, 1.82) is 0 Å². The molecule has 1 atom stereocenters. The third kappa shape index (κ3) is 4.39.